The van der Waals surface area contributed by atoms with Gasteiger partial charge in [0.05, 0.1) is 44.0 Å². The van der Waals surface area contributed by atoms with Crippen molar-refractivity contribution in [1.29, 1.82) is 5.26 Å². The molecular weight excluding hydrogens is 374 g/mol. The summed E-state index contributed by atoms with van der Waals surface area (Å²) in [6.45, 7) is 4.49. The summed E-state index contributed by atoms with van der Waals surface area (Å²) in [4.78, 5) is 12.4. The molecule has 0 radical (unpaired) electrons. The number of amides is 1. The van der Waals surface area contributed by atoms with E-state index >= 15 is 0 Å². The van der Waals surface area contributed by atoms with E-state index in [-0.39, 0.29) is 18.9 Å². The molecule has 0 atom stereocenters. The Morgan fingerprint density at radius 3 is 2.79 bits per heavy atom. The number of hydrogen-bond acceptors (Lipinski definition) is 5. The molecule has 0 saturated heterocycles. The lowest BCUT2D eigenvalue weighted by molar-refractivity contribution is -0.125. The molecular formula is C17H18BrN3O3. The molecule has 1 amide bonds. The number of methoxy groups -OCH3 is 1. The lowest BCUT2D eigenvalue weighted by atomic mass is 10.1. The molecule has 0 bridgehead atoms. The van der Waals surface area contributed by atoms with Gasteiger partial charge in [-0.15, -0.1) is 0 Å². The van der Waals surface area contributed by atoms with Crippen LogP contribution < -0.4 is 9.47 Å². The lowest BCUT2D eigenvalue weighted by Gasteiger charge is -2.12. The Kier molecular flexibility index (Phi) is 5.99. The molecule has 0 aliphatic carbocycles. The molecule has 0 spiro atoms. The molecule has 2 rings (SSSR count). The zero-order chi connectivity index (χ0) is 17.7. The van der Waals surface area contributed by atoms with E-state index in [1.54, 1.807) is 26.2 Å². The van der Waals surface area contributed by atoms with Gasteiger partial charge in [-0.05, 0) is 37.6 Å². The van der Waals surface area contributed by atoms with Gasteiger partial charge in [-0.1, -0.05) is 15.9 Å². The standard InChI is InChI=1S/C17H18BrN3O3/c1-4-24-16-10-14(18)12(9-15(16)23-3)8-13-11(2)20-21(17(13)22)7-5-6-19/h8-10H,4-5,7H2,1-3H3/b13-8-. The van der Waals surface area contributed by atoms with Crippen LogP contribution in [0.5, 0.6) is 11.5 Å². The predicted molar refractivity (Wildman–Crippen MR) is 94.9 cm³/mol. The summed E-state index contributed by atoms with van der Waals surface area (Å²) in [6, 6.07) is 5.64. The van der Waals surface area contributed by atoms with Crippen molar-refractivity contribution in [2.24, 2.45) is 5.10 Å². The maximum Gasteiger partial charge on any atom is 0.275 e. The zero-order valence-corrected chi connectivity index (χ0v) is 15.4. The van der Waals surface area contributed by atoms with E-state index in [0.717, 1.165) is 10.0 Å². The number of nitrogens with zero attached hydrogens (tertiary/aromatic N) is 3. The van der Waals surface area contributed by atoms with E-state index in [2.05, 4.69) is 21.0 Å². The normalized spacial score (nSPS) is 15.5. The SMILES string of the molecule is CCOc1cc(Br)c(/C=C2\C(=O)N(CCC#N)N=C2C)cc1OC. The smallest absolute Gasteiger partial charge is 0.275 e. The number of rotatable bonds is 6. The van der Waals surface area contributed by atoms with E-state index in [9.17, 15) is 4.79 Å². The third-order valence-electron chi connectivity index (χ3n) is 3.44. The van der Waals surface area contributed by atoms with Crippen molar-refractivity contribution in [1.82, 2.24) is 5.01 Å². The first-order chi connectivity index (χ1) is 11.5. The van der Waals surface area contributed by atoms with Crippen LogP contribution in [-0.2, 0) is 4.79 Å². The Morgan fingerprint density at radius 2 is 2.17 bits per heavy atom. The number of carbonyl (C=O) groups is 1. The predicted octanol–water partition coefficient (Wildman–Crippen LogP) is 3.37. The molecule has 1 heterocycles. The molecule has 1 aliphatic heterocycles. The van der Waals surface area contributed by atoms with Gasteiger partial charge in [-0.25, -0.2) is 5.01 Å². The second-order valence-electron chi connectivity index (χ2n) is 5.04. The van der Waals surface area contributed by atoms with Gasteiger partial charge in [0, 0.05) is 4.47 Å². The fourth-order valence-corrected chi connectivity index (χ4v) is 2.73. The molecule has 0 saturated carbocycles. The van der Waals surface area contributed by atoms with Crippen LogP contribution in [0, 0.1) is 11.3 Å². The Labute approximate surface area is 149 Å². The molecule has 1 aromatic rings. The number of halogens is 1. The molecule has 0 aromatic heterocycles. The molecule has 0 fully saturated rings. The topological polar surface area (TPSA) is 74.9 Å². The maximum atomic E-state index is 12.4. The van der Waals surface area contributed by atoms with Crippen molar-refractivity contribution < 1.29 is 14.3 Å². The first-order valence-electron chi connectivity index (χ1n) is 7.48. The van der Waals surface area contributed by atoms with E-state index in [1.165, 1.54) is 5.01 Å². The van der Waals surface area contributed by atoms with Gasteiger partial charge >= 0.3 is 0 Å². The Morgan fingerprint density at radius 1 is 1.42 bits per heavy atom. The van der Waals surface area contributed by atoms with E-state index in [0.29, 0.717) is 29.4 Å². The van der Waals surface area contributed by atoms with Crippen molar-refractivity contribution in [3.63, 3.8) is 0 Å². The minimum atomic E-state index is -0.206. The molecule has 1 aromatic carbocycles. The second-order valence-corrected chi connectivity index (χ2v) is 5.89. The van der Waals surface area contributed by atoms with E-state index in [1.807, 2.05) is 19.1 Å². The summed E-state index contributed by atoms with van der Waals surface area (Å²) in [7, 11) is 1.57. The second kappa shape index (κ2) is 7.97. The van der Waals surface area contributed by atoms with Gasteiger partial charge in [0.25, 0.3) is 5.91 Å². The zero-order valence-electron chi connectivity index (χ0n) is 13.8. The average Bonchev–Trinajstić information content (AvgIpc) is 2.82. The van der Waals surface area contributed by atoms with Crippen LogP contribution in [0.4, 0.5) is 0 Å². The van der Waals surface area contributed by atoms with E-state index in [4.69, 9.17) is 14.7 Å². The summed E-state index contributed by atoms with van der Waals surface area (Å²) < 4.78 is 11.7. The minimum Gasteiger partial charge on any atom is -0.493 e. The van der Waals surface area contributed by atoms with Crippen molar-refractivity contribution in [3.05, 3.63) is 27.7 Å². The summed E-state index contributed by atoms with van der Waals surface area (Å²) in [6.07, 6.45) is 2.01. The lowest BCUT2D eigenvalue weighted by Crippen LogP contribution is -2.23. The summed E-state index contributed by atoms with van der Waals surface area (Å²) >= 11 is 3.50. The van der Waals surface area contributed by atoms with Gasteiger partial charge in [-0.2, -0.15) is 10.4 Å². The monoisotopic (exact) mass is 391 g/mol. The van der Waals surface area contributed by atoms with Crippen LogP contribution in [0.2, 0.25) is 0 Å². The number of hydrazone groups is 1. The van der Waals surface area contributed by atoms with Crippen molar-refractivity contribution >= 4 is 33.6 Å². The maximum absolute atomic E-state index is 12.4. The minimum absolute atomic E-state index is 0.206. The van der Waals surface area contributed by atoms with Crippen molar-refractivity contribution in [3.8, 4) is 17.6 Å². The molecule has 24 heavy (non-hydrogen) atoms. The molecule has 1 aliphatic rings. The highest BCUT2D eigenvalue weighted by atomic mass is 79.9. The van der Waals surface area contributed by atoms with Crippen LogP contribution >= 0.6 is 15.9 Å². The van der Waals surface area contributed by atoms with Crippen LogP contribution in [0.25, 0.3) is 6.08 Å². The highest BCUT2D eigenvalue weighted by Crippen LogP contribution is 2.35. The Balaban J connectivity index is 2.36. The Bertz CT molecular complexity index is 750. The number of benzene rings is 1. The highest BCUT2D eigenvalue weighted by Gasteiger charge is 2.27. The van der Waals surface area contributed by atoms with E-state index < -0.39 is 0 Å². The first kappa shape index (κ1) is 18.0. The van der Waals surface area contributed by atoms with Gasteiger partial charge in [0.1, 0.15) is 0 Å². The van der Waals surface area contributed by atoms with Crippen LogP contribution in [-0.4, -0.2) is 36.9 Å². The van der Waals surface area contributed by atoms with Crippen molar-refractivity contribution in [2.75, 3.05) is 20.3 Å². The fourth-order valence-electron chi connectivity index (χ4n) is 2.29. The van der Waals surface area contributed by atoms with Gasteiger partial charge in [0.2, 0.25) is 0 Å². The van der Waals surface area contributed by atoms with Gasteiger partial charge in [0.15, 0.2) is 11.5 Å². The summed E-state index contributed by atoms with van der Waals surface area (Å²) in [5, 5.41) is 14.2. The fraction of sp³-hybridized carbons (Fsp3) is 0.353. The van der Waals surface area contributed by atoms with Crippen LogP contribution in [0.1, 0.15) is 25.8 Å². The number of ether oxygens (including phenoxy) is 2. The molecule has 6 nitrogen and oxygen atoms in total. The van der Waals surface area contributed by atoms with Gasteiger partial charge < -0.3 is 9.47 Å². The number of nitriles is 1. The Hall–Kier alpha value is -2.33. The third-order valence-corrected chi connectivity index (χ3v) is 4.13. The van der Waals surface area contributed by atoms with Gasteiger partial charge in [-0.3, -0.25) is 4.79 Å². The number of carbonyl (C=O) groups excluding carboxylic acids is 1. The molecule has 0 N–H and O–H groups in total. The number of hydrogen-bond donors (Lipinski definition) is 0. The quantitative estimate of drug-likeness (QED) is 0.696. The van der Waals surface area contributed by atoms with Crippen LogP contribution in [0.15, 0.2) is 27.3 Å². The first-order valence-corrected chi connectivity index (χ1v) is 8.27. The van der Waals surface area contributed by atoms with Crippen LogP contribution in [0.3, 0.4) is 0 Å². The molecule has 126 valence electrons. The third kappa shape index (κ3) is 3.77. The average molecular weight is 392 g/mol. The van der Waals surface area contributed by atoms with Crippen molar-refractivity contribution in [2.45, 2.75) is 20.3 Å². The molecule has 0 unspecified atom stereocenters. The summed E-state index contributed by atoms with van der Waals surface area (Å²) in [5.74, 6) is 1.02. The molecule has 7 heteroatoms. The highest BCUT2D eigenvalue weighted by molar-refractivity contribution is 9.10. The largest absolute Gasteiger partial charge is 0.493 e. The summed E-state index contributed by atoms with van der Waals surface area (Å²) in [5.41, 5.74) is 1.91.